The number of hydrogen-bond donors (Lipinski definition) is 3. The van der Waals surface area contributed by atoms with Gasteiger partial charge in [-0.15, -0.1) is 0 Å². The maximum atomic E-state index is 12.2. The second kappa shape index (κ2) is 9.23. The second-order valence-corrected chi connectivity index (χ2v) is 5.97. The molecule has 2 amide bonds. The van der Waals surface area contributed by atoms with Gasteiger partial charge < -0.3 is 20.7 Å². The molecule has 3 aromatic carbocycles. The van der Waals surface area contributed by atoms with Crippen molar-refractivity contribution in [1.29, 1.82) is 0 Å². The maximum Gasteiger partial charge on any atom is 0.253 e. The van der Waals surface area contributed by atoms with Gasteiger partial charge in [0, 0.05) is 18.4 Å². The van der Waals surface area contributed by atoms with Gasteiger partial charge in [-0.05, 0) is 48.5 Å². The van der Waals surface area contributed by atoms with Gasteiger partial charge >= 0.3 is 0 Å². The molecule has 3 N–H and O–H groups in total. The predicted octanol–water partition coefficient (Wildman–Crippen LogP) is 3.89. The molecule has 0 saturated heterocycles. The molecule has 0 aliphatic heterocycles. The summed E-state index contributed by atoms with van der Waals surface area (Å²) in [6.45, 7) is 0.0380. The van der Waals surface area contributed by atoms with Gasteiger partial charge in [-0.3, -0.25) is 9.59 Å². The summed E-state index contributed by atoms with van der Waals surface area (Å²) in [6, 6.07) is 23.6. The SMILES string of the molecule is CNC(=O)c1ccccc1NCC(=O)Nc1ccc(Oc2ccccc2)cc1. The largest absolute Gasteiger partial charge is 0.457 e. The molecule has 0 fully saturated rings. The molecule has 0 spiro atoms. The fourth-order valence-corrected chi connectivity index (χ4v) is 2.58. The Morgan fingerprint density at radius 2 is 1.46 bits per heavy atom. The zero-order valence-corrected chi connectivity index (χ0v) is 15.4. The van der Waals surface area contributed by atoms with E-state index < -0.39 is 0 Å². The van der Waals surface area contributed by atoms with Crippen LogP contribution in [0.2, 0.25) is 0 Å². The van der Waals surface area contributed by atoms with E-state index in [4.69, 9.17) is 4.74 Å². The minimum absolute atomic E-state index is 0.0380. The Labute approximate surface area is 163 Å². The summed E-state index contributed by atoms with van der Waals surface area (Å²) in [5, 5.41) is 8.38. The fraction of sp³-hybridized carbons (Fsp3) is 0.0909. The first-order valence-electron chi connectivity index (χ1n) is 8.83. The molecule has 0 aliphatic rings. The third-order valence-corrected chi connectivity index (χ3v) is 3.96. The number of ether oxygens (including phenoxy) is 1. The topological polar surface area (TPSA) is 79.5 Å². The Hall–Kier alpha value is -3.80. The highest BCUT2D eigenvalue weighted by atomic mass is 16.5. The number of nitrogens with one attached hydrogen (secondary N) is 3. The van der Waals surface area contributed by atoms with Crippen molar-refractivity contribution in [2.24, 2.45) is 0 Å². The Kier molecular flexibility index (Phi) is 6.25. The molecule has 0 aromatic heterocycles. The molecular formula is C22H21N3O3. The molecular weight excluding hydrogens is 354 g/mol. The summed E-state index contributed by atoms with van der Waals surface area (Å²) in [7, 11) is 1.57. The predicted molar refractivity (Wildman–Crippen MR) is 110 cm³/mol. The second-order valence-electron chi connectivity index (χ2n) is 5.97. The van der Waals surface area contributed by atoms with Crippen molar-refractivity contribution in [3.63, 3.8) is 0 Å². The van der Waals surface area contributed by atoms with E-state index in [0.717, 1.165) is 5.75 Å². The van der Waals surface area contributed by atoms with Crippen LogP contribution in [-0.4, -0.2) is 25.4 Å². The molecule has 0 aliphatic carbocycles. The molecule has 3 rings (SSSR count). The molecule has 0 unspecified atom stereocenters. The molecule has 142 valence electrons. The van der Waals surface area contributed by atoms with Crippen LogP contribution < -0.4 is 20.7 Å². The Morgan fingerprint density at radius 3 is 2.18 bits per heavy atom. The molecule has 0 saturated carbocycles. The van der Waals surface area contributed by atoms with Crippen LogP contribution in [0, 0.1) is 0 Å². The minimum Gasteiger partial charge on any atom is -0.457 e. The first-order chi connectivity index (χ1) is 13.7. The van der Waals surface area contributed by atoms with Crippen LogP contribution >= 0.6 is 0 Å². The molecule has 0 atom stereocenters. The minimum atomic E-state index is -0.219. The summed E-state index contributed by atoms with van der Waals surface area (Å²) in [6.07, 6.45) is 0. The number of rotatable bonds is 7. The van der Waals surface area contributed by atoms with Crippen molar-refractivity contribution < 1.29 is 14.3 Å². The Morgan fingerprint density at radius 1 is 0.821 bits per heavy atom. The lowest BCUT2D eigenvalue weighted by Crippen LogP contribution is -2.24. The van der Waals surface area contributed by atoms with Gasteiger partial charge in [-0.25, -0.2) is 0 Å². The van der Waals surface area contributed by atoms with Crippen molar-refractivity contribution in [2.75, 3.05) is 24.2 Å². The van der Waals surface area contributed by atoms with Crippen molar-refractivity contribution >= 4 is 23.2 Å². The number of carbonyl (C=O) groups excluding carboxylic acids is 2. The lowest BCUT2D eigenvalue weighted by Gasteiger charge is -2.12. The van der Waals surface area contributed by atoms with Crippen LogP contribution in [0.3, 0.4) is 0 Å². The van der Waals surface area contributed by atoms with Gasteiger partial charge in [-0.1, -0.05) is 30.3 Å². The van der Waals surface area contributed by atoms with Gasteiger partial charge in [0.2, 0.25) is 5.91 Å². The van der Waals surface area contributed by atoms with Crippen molar-refractivity contribution in [2.45, 2.75) is 0 Å². The number of carbonyl (C=O) groups is 2. The summed E-state index contributed by atoms with van der Waals surface area (Å²) in [5.74, 6) is 1.00. The molecule has 0 bridgehead atoms. The fourth-order valence-electron chi connectivity index (χ4n) is 2.58. The van der Waals surface area contributed by atoms with Gasteiger partial charge in [0.25, 0.3) is 5.91 Å². The zero-order valence-electron chi connectivity index (χ0n) is 15.4. The lowest BCUT2D eigenvalue weighted by atomic mass is 10.1. The number of amides is 2. The summed E-state index contributed by atoms with van der Waals surface area (Å²) >= 11 is 0. The lowest BCUT2D eigenvalue weighted by molar-refractivity contribution is -0.114. The summed E-state index contributed by atoms with van der Waals surface area (Å²) < 4.78 is 5.73. The highest BCUT2D eigenvalue weighted by Crippen LogP contribution is 2.22. The van der Waals surface area contributed by atoms with E-state index in [-0.39, 0.29) is 18.4 Å². The Bertz CT molecular complexity index is 941. The zero-order chi connectivity index (χ0) is 19.8. The number of para-hydroxylation sites is 2. The first kappa shape index (κ1) is 19.0. The summed E-state index contributed by atoms with van der Waals surface area (Å²) in [4.78, 5) is 24.1. The third-order valence-electron chi connectivity index (χ3n) is 3.96. The first-order valence-corrected chi connectivity index (χ1v) is 8.83. The maximum absolute atomic E-state index is 12.2. The highest BCUT2D eigenvalue weighted by molar-refractivity contribution is 6.00. The quantitative estimate of drug-likeness (QED) is 0.585. The van der Waals surface area contributed by atoms with E-state index in [0.29, 0.717) is 22.7 Å². The average Bonchev–Trinajstić information content (AvgIpc) is 2.74. The number of hydrogen-bond acceptors (Lipinski definition) is 4. The van der Waals surface area contributed by atoms with Crippen LogP contribution in [-0.2, 0) is 4.79 Å². The van der Waals surface area contributed by atoms with Gasteiger partial charge in [0.15, 0.2) is 0 Å². The monoisotopic (exact) mass is 375 g/mol. The summed E-state index contributed by atoms with van der Waals surface area (Å²) in [5.41, 5.74) is 1.75. The van der Waals surface area contributed by atoms with Crippen LogP contribution in [0.1, 0.15) is 10.4 Å². The molecule has 0 heterocycles. The smallest absolute Gasteiger partial charge is 0.253 e. The van der Waals surface area contributed by atoms with Crippen LogP contribution in [0.4, 0.5) is 11.4 Å². The van der Waals surface area contributed by atoms with Crippen molar-refractivity contribution in [3.8, 4) is 11.5 Å². The van der Waals surface area contributed by atoms with E-state index in [1.165, 1.54) is 0 Å². The van der Waals surface area contributed by atoms with Crippen LogP contribution in [0.25, 0.3) is 0 Å². The third kappa shape index (κ3) is 5.11. The number of benzene rings is 3. The van der Waals surface area contributed by atoms with Crippen LogP contribution in [0.5, 0.6) is 11.5 Å². The average molecular weight is 375 g/mol. The van der Waals surface area contributed by atoms with E-state index in [2.05, 4.69) is 16.0 Å². The van der Waals surface area contributed by atoms with Gasteiger partial charge in [-0.2, -0.15) is 0 Å². The van der Waals surface area contributed by atoms with Crippen molar-refractivity contribution in [1.82, 2.24) is 5.32 Å². The molecule has 0 radical (unpaired) electrons. The van der Waals surface area contributed by atoms with Crippen LogP contribution in [0.15, 0.2) is 78.9 Å². The Balaban J connectivity index is 1.55. The highest BCUT2D eigenvalue weighted by Gasteiger charge is 2.10. The normalized spacial score (nSPS) is 10.0. The molecule has 6 nitrogen and oxygen atoms in total. The molecule has 6 heteroatoms. The standard InChI is InChI=1S/C22H21N3O3/c1-23-22(27)19-9-5-6-10-20(19)24-15-21(26)25-16-11-13-18(14-12-16)28-17-7-3-2-4-8-17/h2-14,24H,15H2,1H3,(H,23,27)(H,25,26). The van der Waals surface area contributed by atoms with E-state index in [9.17, 15) is 9.59 Å². The van der Waals surface area contributed by atoms with Gasteiger partial charge in [0.05, 0.1) is 12.1 Å². The molecule has 28 heavy (non-hydrogen) atoms. The van der Waals surface area contributed by atoms with E-state index in [1.807, 2.05) is 30.3 Å². The number of anilines is 2. The van der Waals surface area contributed by atoms with E-state index >= 15 is 0 Å². The van der Waals surface area contributed by atoms with E-state index in [1.54, 1.807) is 55.6 Å². The molecule has 3 aromatic rings. The van der Waals surface area contributed by atoms with Gasteiger partial charge in [0.1, 0.15) is 11.5 Å². The van der Waals surface area contributed by atoms with Crippen molar-refractivity contribution in [3.05, 3.63) is 84.4 Å².